The van der Waals surface area contributed by atoms with Gasteiger partial charge in [-0.05, 0) is 48.9 Å². The first kappa shape index (κ1) is 24.8. The normalized spacial score (nSPS) is 12.5. The van der Waals surface area contributed by atoms with Crippen molar-refractivity contribution >= 4 is 23.3 Å². The molecule has 164 valence electrons. The minimum absolute atomic E-state index is 0.0714. The highest BCUT2D eigenvalue weighted by Gasteiger charge is 2.27. The lowest BCUT2D eigenvalue weighted by molar-refractivity contribution is -0.136. The van der Waals surface area contributed by atoms with Gasteiger partial charge in [0.25, 0.3) is 0 Å². The average molecular weight is 405 g/mol. The number of hydrogen-bond donors (Lipinski definition) is 2. The summed E-state index contributed by atoms with van der Waals surface area (Å²) in [5, 5.41) is 5.61. The van der Waals surface area contributed by atoms with Gasteiger partial charge in [0.1, 0.15) is 0 Å². The smallest absolute Gasteiger partial charge is 0.319 e. The van der Waals surface area contributed by atoms with E-state index in [1.165, 1.54) is 0 Å². The third kappa shape index (κ3) is 7.95. The molecule has 2 N–H and O–H groups in total. The zero-order valence-electron chi connectivity index (χ0n) is 19.7. The highest BCUT2D eigenvalue weighted by atomic mass is 16.2. The lowest BCUT2D eigenvalue weighted by Gasteiger charge is -2.35. The van der Waals surface area contributed by atoms with Gasteiger partial charge in [-0.1, -0.05) is 34.6 Å². The SMILES string of the molecule is CCNC(=O)Nc1ccc(N(C)C)c(CN(C(=O)CC(C)(C)C)[C@H](C)C(C)C)c1. The number of anilines is 2. The molecule has 6 nitrogen and oxygen atoms in total. The van der Waals surface area contributed by atoms with E-state index in [2.05, 4.69) is 52.2 Å². The third-order valence-corrected chi connectivity index (χ3v) is 4.96. The molecule has 0 saturated carbocycles. The number of hydrogen-bond acceptors (Lipinski definition) is 3. The Balaban J connectivity index is 3.26. The van der Waals surface area contributed by atoms with E-state index in [0.29, 0.717) is 25.4 Å². The number of nitrogens with zero attached hydrogens (tertiary/aromatic N) is 2. The highest BCUT2D eigenvalue weighted by molar-refractivity contribution is 5.89. The van der Waals surface area contributed by atoms with Crippen molar-refractivity contribution in [3.63, 3.8) is 0 Å². The molecule has 1 atom stereocenters. The molecule has 0 bridgehead atoms. The van der Waals surface area contributed by atoms with Gasteiger partial charge in [-0.15, -0.1) is 0 Å². The van der Waals surface area contributed by atoms with Crippen molar-refractivity contribution in [1.29, 1.82) is 0 Å². The molecule has 6 heteroatoms. The van der Waals surface area contributed by atoms with Crippen molar-refractivity contribution in [2.75, 3.05) is 30.9 Å². The summed E-state index contributed by atoms with van der Waals surface area (Å²) in [4.78, 5) is 29.1. The predicted molar refractivity (Wildman–Crippen MR) is 122 cm³/mol. The molecule has 0 unspecified atom stereocenters. The van der Waals surface area contributed by atoms with Gasteiger partial charge < -0.3 is 20.4 Å². The maximum absolute atomic E-state index is 13.2. The van der Waals surface area contributed by atoms with Crippen LogP contribution in [0.5, 0.6) is 0 Å². The Labute approximate surface area is 177 Å². The molecule has 1 aromatic carbocycles. The average Bonchev–Trinajstić information content (AvgIpc) is 2.57. The van der Waals surface area contributed by atoms with Gasteiger partial charge in [-0.2, -0.15) is 0 Å². The second-order valence-electron chi connectivity index (χ2n) is 9.47. The quantitative estimate of drug-likeness (QED) is 0.660. The fourth-order valence-electron chi connectivity index (χ4n) is 3.12. The Morgan fingerprint density at radius 3 is 2.21 bits per heavy atom. The van der Waals surface area contributed by atoms with Crippen LogP contribution in [0.1, 0.15) is 60.5 Å². The van der Waals surface area contributed by atoms with Crippen LogP contribution in [0.15, 0.2) is 18.2 Å². The largest absolute Gasteiger partial charge is 0.377 e. The number of benzene rings is 1. The van der Waals surface area contributed by atoms with Crippen LogP contribution in [0.25, 0.3) is 0 Å². The molecule has 0 aromatic heterocycles. The summed E-state index contributed by atoms with van der Waals surface area (Å²) >= 11 is 0. The Bertz CT molecular complexity index is 693. The molecule has 0 aliphatic carbocycles. The molecule has 3 amide bonds. The van der Waals surface area contributed by atoms with E-state index in [9.17, 15) is 9.59 Å². The van der Waals surface area contributed by atoms with E-state index >= 15 is 0 Å². The summed E-state index contributed by atoms with van der Waals surface area (Å²) in [5.74, 6) is 0.504. The van der Waals surface area contributed by atoms with Gasteiger partial charge in [-0.25, -0.2) is 4.79 Å². The molecular formula is C23H40N4O2. The predicted octanol–water partition coefficient (Wildman–Crippen LogP) is 4.70. The second kappa shape index (κ2) is 10.5. The molecule has 0 fully saturated rings. The number of urea groups is 1. The van der Waals surface area contributed by atoms with Crippen LogP contribution < -0.4 is 15.5 Å². The third-order valence-electron chi connectivity index (χ3n) is 4.96. The maximum atomic E-state index is 13.2. The second-order valence-corrected chi connectivity index (χ2v) is 9.47. The van der Waals surface area contributed by atoms with E-state index in [-0.39, 0.29) is 23.4 Å². The molecular weight excluding hydrogens is 364 g/mol. The van der Waals surface area contributed by atoms with Crippen LogP contribution in [0, 0.1) is 11.3 Å². The van der Waals surface area contributed by atoms with Crippen molar-refractivity contribution in [3.05, 3.63) is 23.8 Å². The standard InChI is InChI=1S/C23H40N4O2/c1-10-24-22(29)25-19-11-12-20(26(8)9)18(13-19)15-27(17(4)16(2)3)21(28)14-23(5,6)7/h11-13,16-17H,10,14-15H2,1-9H3,(H2,24,25,29)/t17-/m1/s1. The van der Waals surface area contributed by atoms with E-state index in [1.807, 2.05) is 49.0 Å². The topological polar surface area (TPSA) is 64.7 Å². The molecule has 0 saturated heterocycles. The molecule has 0 aliphatic rings. The van der Waals surface area contributed by atoms with Crippen LogP contribution in [0.3, 0.4) is 0 Å². The van der Waals surface area contributed by atoms with Crippen LogP contribution in [0.4, 0.5) is 16.2 Å². The molecule has 0 aliphatic heterocycles. The zero-order valence-corrected chi connectivity index (χ0v) is 19.7. The monoisotopic (exact) mass is 404 g/mol. The molecule has 1 rings (SSSR count). The first-order chi connectivity index (χ1) is 13.4. The molecule has 0 spiro atoms. The summed E-state index contributed by atoms with van der Waals surface area (Å²) in [6, 6.07) is 5.73. The summed E-state index contributed by atoms with van der Waals surface area (Å²) in [5.41, 5.74) is 2.70. The fraction of sp³-hybridized carbons (Fsp3) is 0.652. The van der Waals surface area contributed by atoms with Crippen molar-refractivity contribution in [1.82, 2.24) is 10.2 Å². The first-order valence-electron chi connectivity index (χ1n) is 10.5. The lowest BCUT2D eigenvalue weighted by atomic mass is 9.90. The minimum Gasteiger partial charge on any atom is -0.377 e. The number of carbonyl (C=O) groups excluding carboxylic acids is 2. The highest BCUT2D eigenvalue weighted by Crippen LogP contribution is 2.28. The van der Waals surface area contributed by atoms with Gasteiger partial charge in [0.2, 0.25) is 5.91 Å². The Kier molecular flexibility index (Phi) is 8.99. The first-order valence-corrected chi connectivity index (χ1v) is 10.5. The van der Waals surface area contributed by atoms with Crippen LogP contribution in [0.2, 0.25) is 0 Å². The molecule has 0 radical (unpaired) electrons. The lowest BCUT2D eigenvalue weighted by Crippen LogP contribution is -2.42. The number of amides is 3. The Morgan fingerprint density at radius 1 is 1.10 bits per heavy atom. The van der Waals surface area contributed by atoms with Gasteiger partial charge >= 0.3 is 6.03 Å². The van der Waals surface area contributed by atoms with Crippen molar-refractivity contribution in [2.45, 2.75) is 67.5 Å². The van der Waals surface area contributed by atoms with Crippen LogP contribution in [-0.4, -0.2) is 43.5 Å². The van der Waals surface area contributed by atoms with Crippen molar-refractivity contribution in [3.8, 4) is 0 Å². The van der Waals surface area contributed by atoms with Crippen molar-refractivity contribution in [2.24, 2.45) is 11.3 Å². The number of rotatable bonds is 8. The molecule has 1 aromatic rings. The summed E-state index contributed by atoms with van der Waals surface area (Å²) in [7, 11) is 3.98. The Hall–Kier alpha value is -2.24. The van der Waals surface area contributed by atoms with Gasteiger partial charge in [0.15, 0.2) is 0 Å². The summed E-state index contributed by atoms with van der Waals surface area (Å²) < 4.78 is 0. The number of nitrogens with one attached hydrogen (secondary N) is 2. The minimum atomic E-state index is -0.229. The van der Waals surface area contributed by atoms with Gasteiger partial charge in [0, 0.05) is 51.0 Å². The van der Waals surface area contributed by atoms with E-state index in [0.717, 1.165) is 16.9 Å². The van der Waals surface area contributed by atoms with Crippen molar-refractivity contribution < 1.29 is 9.59 Å². The van der Waals surface area contributed by atoms with E-state index in [1.54, 1.807) is 0 Å². The van der Waals surface area contributed by atoms with Gasteiger partial charge in [0.05, 0.1) is 0 Å². The summed E-state index contributed by atoms with van der Waals surface area (Å²) in [6.07, 6.45) is 0.498. The molecule has 0 heterocycles. The van der Waals surface area contributed by atoms with Crippen LogP contribution in [-0.2, 0) is 11.3 Å². The Morgan fingerprint density at radius 2 is 1.72 bits per heavy atom. The fourth-order valence-corrected chi connectivity index (χ4v) is 3.12. The zero-order chi connectivity index (χ0) is 22.4. The van der Waals surface area contributed by atoms with Gasteiger partial charge in [-0.3, -0.25) is 4.79 Å². The van der Waals surface area contributed by atoms with E-state index in [4.69, 9.17) is 0 Å². The van der Waals surface area contributed by atoms with E-state index < -0.39 is 0 Å². The molecule has 29 heavy (non-hydrogen) atoms. The van der Waals surface area contributed by atoms with Crippen LogP contribution >= 0.6 is 0 Å². The summed E-state index contributed by atoms with van der Waals surface area (Å²) in [6.45, 7) is 15.6. The number of carbonyl (C=O) groups is 2. The maximum Gasteiger partial charge on any atom is 0.319 e.